The Kier molecular flexibility index (Phi) is 2.56. The van der Waals surface area contributed by atoms with Crippen LogP contribution in [0.3, 0.4) is 0 Å². The number of esters is 2. The van der Waals surface area contributed by atoms with Crippen molar-refractivity contribution < 1.29 is 23.9 Å². The molecule has 2 amide bonds. The third kappa shape index (κ3) is 1.75. The number of imide groups is 1. The Morgan fingerprint density at radius 3 is 2.20 bits per heavy atom. The predicted molar refractivity (Wildman–Crippen MR) is 66.2 cm³/mol. The summed E-state index contributed by atoms with van der Waals surface area (Å²) in [7, 11) is 1.41. The fourth-order valence-corrected chi connectivity index (χ4v) is 2.29. The van der Waals surface area contributed by atoms with Gasteiger partial charge in [-0.2, -0.15) is 0 Å². The molecule has 0 aliphatic carbocycles. The van der Waals surface area contributed by atoms with Crippen molar-refractivity contribution in [1.82, 2.24) is 4.90 Å². The molecule has 0 spiro atoms. The number of nitrogens with zero attached hydrogens (tertiary/aromatic N) is 2. The van der Waals surface area contributed by atoms with E-state index in [4.69, 9.17) is 0 Å². The minimum Gasteiger partial charge on any atom is -0.390 e. The van der Waals surface area contributed by atoms with Crippen molar-refractivity contribution in [3.05, 3.63) is 29.3 Å². The number of fused-ring (bicyclic) bond motifs is 1. The van der Waals surface area contributed by atoms with Gasteiger partial charge >= 0.3 is 11.9 Å². The zero-order valence-corrected chi connectivity index (χ0v) is 10.6. The molecule has 0 atom stereocenters. The van der Waals surface area contributed by atoms with Gasteiger partial charge in [0, 0.05) is 12.7 Å². The van der Waals surface area contributed by atoms with Crippen LogP contribution in [0.4, 0.5) is 5.69 Å². The second-order valence-electron chi connectivity index (χ2n) is 4.60. The van der Waals surface area contributed by atoms with E-state index >= 15 is 0 Å². The Bertz CT molecular complexity index is 651. The average Bonchev–Trinajstić information content (AvgIpc) is 2.62. The highest BCUT2D eigenvalue weighted by Gasteiger charge is 2.34. The molecule has 0 saturated carbocycles. The zero-order chi connectivity index (χ0) is 14.4. The van der Waals surface area contributed by atoms with Gasteiger partial charge in [0.1, 0.15) is 13.1 Å². The summed E-state index contributed by atoms with van der Waals surface area (Å²) >= 11 is 0. The molecule has 0 aromatic heterocycles. The molecule has 1 saturated heterocycles. The second kappa shape index (κ2) is 4.16. The van der Waals surface area contributed by atoms with Crippen LogP contribution >= 0.6 is 0 Å². The minimum atomic E-state index is -0.638. The lowest BCUT2D eigenvalue weighted by Crippen LogP contribution is -2.43. The summed E-state index contributed by atoms with van der Waals surface area (Å²) in [6, 6.07) is 4.65. The van der Waals surface area contributed by atoms with Crippen LogP contribution < -0.4 is 4.90 Å². The topological polar surface area (TPSA) is 84.0 Å². The largest absolute Gasteiger partial charge is 0.390 e. The molecule has 2 aliphatic heterocycles. The van der Waals surface area contributed by atoms with Gasteiger partial charge in [-0.1, -0.05) is 0 Å². The predicted octanol–water partition coefficient (Wildman–Crippen LogP) is -0.198. The first kappa shape index (κ1) is 12.3. The van der Waals surface area contributed by atoms with Crippen molar-refractivity contribution in [2.75, 3.05) is 25.0 Å². The van der Waals surface area contributed by atoms with E-state index in [0.717, 1.165) is 4.90 Å². The fourth-order valence-electron chi connectivity index (χ4n) is 2.29. The summed E-state index contributed by atoms with van der Waals surface area (Å²) < 4.78 is 4.44. The summed E-state index contributed by atoms with van der Waals surface area (Å²) in [5.41, 5.74) is 1.14. The van der Waals surface area contributed by atoms with Gasteiger partial charge in [0.25, 0.3) is 11.8 Å². The van der Waals surface area contributed by atoms with Gasteiger partial charge < -0.3 is 9.64 Å². The lowest BCUT2D eigenvalue weighted by Gasteiger charge is -2.26. The fraction of sp³-hybridized carbons (Fsp3) is 0.231. The third-order valence-electron chi connectivity index (χ3n) is 3.31. The van der Waals surface area contributed by atoms with Gasteiger partial charge in [0.05, 0.1) is 11.1 Å². The summed E-state index contributed by atoms with van der Waals surface area (Å²) in [5.74, 6) is -2.02. The Balaban J connectivity index is 1.98. The molecule has 2 aliphatic rings. The standard InChI is InChI=1S/C13H10N2O5/c1-14-12(18)8-3-2-7(4-9(8)13(14)19)15-5-10(16)20-11(17)6-15/h2-4H,5-6H2,1H3. The van der Waals surface area contributed by atoms with Gasteiger partial charge in [0.2, 0.25) is 0 Å². The highest BCUT2D eigenvalue weighted by atomic mass is 16.6. The number of anilines is 1. The molecule has 3 rings (SSSR count). The van der Waals surface area contributed by atoms with E-state index in [1.807, 2.05) is 0 Å². The number of carbonyl (C=O) groups is 4. The monoisotopic (exact) mass is 274 g/mol. The molecule has 0 N–H and O–H groups in total. The maximum Gasteiger partial charge on any atom is 0.333 e. The number of benzene rings is 1. The summed E-state index contributed by atoms with van der Waals surface area (Å²) in [6.45, 7) is -0.134. The van der Waals surface area contributed by atoms with Crippen molar-refractivity contribution in [3.8, 4) is 0 Å². The molecule has 102 valence electrons. The first-order chi connectivity index (χ1) is 9.47. The number of cyclic esters (lactones) is 2. The number of ether oxygens (including phenoxy) is 1. The van der Waals surface area contributed by atoms with Gasteiger partial charge in [0.15, 0.2) is 0 Å². The Morgan fingerprint density at radius 2 is 1.55 bits per heavy atom. The number of carbonyl (C=O) groups excluding carboxylic acids is 4. The highest BCUT2D eigenvalue weighted by molar-refractivity contribution is 6.21. The molecule has 0 radical (unpaired) electrons. The van der Waals surface area contributed by atoms with Crippen molar-refractivity contribution in [2.45, 2.75) is 0 Å². The van der Waals surface area contributed by atoms with Crippen LogP contribution in [0.25, 0.3) is 0 Å². The van der Waals surface area contributed by atoms with Crippen molar-refractivity contribution >= 4 is 29.4 Å². The Morgan fingerprint density at radius 1 is 0.950 bits per heavy atom. The number of amides is 2. The molecular formula is C13H10N2O5. The Labute approximate surface area is 113 Å². The molecule has 2 heterocycles. The van der Waals surface area contributed by atoms with Gasteiger partial charge in [-0.05, 0) is 18.2 Å². The first-order valence-corrected chi connectivity index (χ1v) is 5.92. The second-order valence-corrected chi connectivity index (χ2v) is 4.60. The van der Waals surface area contributed by atoms with Gasteiger partial charge in [-0.25, -0.2) is 9.59 Å². The summed E-state index contributed by atoms with van der Waals surface area (Å²) in [5, 5.41) is 0. The van der Waals surface area contributed by atoms with E-state index in [1.54, 1.807) is 6.07 Å². The van der Waals surface area contributed by atoms with Gasteiger partial charge in [-0.3, -0.25) is 14.5 Å². The molecule has 1 aromatic carbocycles. The van der Waals surface area contributed by atoms with E-state index in [0.29, 0.717) is 11.3 Å². The van der Waals surface area contributed by atoms with Crippen molar-refractivity contribution in [2.24, 2.45) is 0 Å². The van der Waals surface area contributed by atoms with Crippen LogP contribution in [0.15, 0.2) is 18.2 Å². The smallest absolute Gasteiger partial charge is 0.333 e. The normalized spacial score (nSPS) is 18.4. The number of rotatable bonds is 1. The van der Waals surface area contributed by atoms with Crippen LogP contribution in [0.2, 0.25) is 0 Å². The molecule has 20 heavy (non-hydrogen) atoms. The minimum absolute atomic E-state index is 0.0670. The van der Waals surface area contributed by atoms with Crippen LogP contribution in [0.5, 0.6) is 0 Å². The summed E-state index contributed by atoms with van der Waals surface area (Å²) in [6.07, 6.45) is 0. The van der Waals surface area contributed by atoms with E-state index < -0.39 is 17.8 Å². The number of hydrogen-bond acceptors (Lipinski definition) is 6. The first-order valence-electron chi connectivity index (χ1n) is 5.92. The quantitative estimate of drug-likeness (QED) is 0.400. The van der Waals surface area contributed by atoms with E-state index in [-0.39, 0.29) is 24.6 Å². The van der Waals surface area contributed by atoms with Crippen LogP contribution in [-0.2, 0) is 14.3 Å². The highest BCUT2D eigenvalue weighted by Crippen LogP contribution is 2.27. The Hall–Kier alpha value is -2.70. The SMILES string of the molecule is CN1C(=O)c2ccc(N3CC(=O)OC(=O)C3)cc2C1=O. The molecule has 1 aromatic rings. The summed E-state index contributed by atoms with van der Waals surface area (Å²) in [4.78, 5) is 48.7. The van der Waals surface area contributed by atoms with Crippen LogP contribution in [-0.4, -0.2) is 48.8 Å². The molecular weight excluding hydrogens is 264 g/mol. The molecule has 0 unspecified atom stereocenters. The maximum absolute atomic E-state index is 11.9. The third-order valence-corrected chi connectivity index (χ3v) is 3.31. The van der Waals surface area contributed by atoms with Crippen molar-refractivity contribution in [3.63, 3.8) is 0 Å². The molecule has 0 bridgehead atoms. The van der Waals surface area contributed by atoms with Gasteiger partial charge in [-0.15, -0.1) is 0 Å². The van der Waals surface area contributed by atoms with E-state index in [9.17, 15) is 19.2 Å². The van der Waals surface area contributed by atoms with E-state index in [2.05, 4.69) is 4.74 Å². The maximum atomic E-state index is 11.9. The molecule has 1 fully saturated rings. The average molecular weight is 274 g/mol. The van der Waals surface area contributed by atoms with Crippen LogP contribution in [0.1, 0.15) is 20.7 Å². The molecule has 7 nitrogen and oxygen atoms in total. The molecule has 7 heteroatoms. The van der Waals surface area contributed by atoms with Crippen LogP contribution in [0, 0.1) is 0 Å². The lowest BCUT2D eigenvalue weighted by molar-refractivity contribution is -0.160. The number of morpholine rings is 1. The van der Waals surface area contributed by atoms with Crippen molar-refractivity contribution in [1.29, 1.82) is 0 Å². The van der Waals surface area contributed by atoms with E-state index in [1.165, 1.54) is 24.1 Å². The number of hydrogen-bond donors (Lipinski definition) is 0. The zero-order valence-electron chi connectivity index (χ0n) is 10.6. The lowest BCUT2D eigenvalue weighted by atomic mass is 10.1.